The summed E-state index contributed by atoms with van der Waals surface area (Å²) in [4.78, 5) is 14.2. The Hall–Kier alpha value is -1.01. The Morgan fingerprint density at radius 2 is 2.09 bits per heavy atom. The van der Waals surface area contributed by atoms with Gasteiger partial charge in [-0.2, -0.15) is 0 Å². The molecule has 7 heteroatoms. The Kier molecular flexibility index (Phi) is 6.94. The minimum absolute atomic E-state index is 0. The number of nitrogens with two attached hydrogens (primary N) is 1. The lowest BCUT2D eigenvalue weighted by atomic mass is 9.89. The number of benzene rings is 1. The summed E-state index contributed by atoms with van der Waals surface area (Å²) >= 11 is 6.01. The van der Waals surface area contributed by atoms with Crippen LogP contribution in [0.25, 0.3) is 0 Å². The number of hydrogen-bond acceptors (Lipinski definition) is 4. The number of methoxy groups -OCH3 is 1. The van der Waals surface area contributed by atoms with Crippen molar-refractivity contribution in [3.63, 3.8) is 0 Å². The van der Waals surface area contributed by atoms with E-state index in [9.17, 15) is 4.79 Å². The van der Waals surface area contributed by atoms with Crippen molar-refractivity contribution in [2.24, 2.45) is 5.73 Å². The molecule has 2 rings (SSSR count). The van der Waals surface area contributed by atoms with Crippen LogP contribution >= 0.6 is 24.0 Å². The minimum atomic E-state index is -0.835. The number of amides is 1. The van der Waals surface area contributed by atoms with Crippen LogP contribution in [0.15, 0.2) is 18.2 Å². The highest BCUT2D eigenvalue weighted by molar-refractivity contribution is 6.30. The topological polar surface area (TPSA) is 64.8 Å². The molecule has 0 unspecified atom stereocenters. The van der Waals surface area contributed by atoms with E-state index >= 15 is 0 Å². The lowest BCUT2D eigenvalue weighted by Gasteiger charge is -2.35. The Morgan fingerprint density at radius 3 is 2.68 bits per heavy atom. The van der Waals surface area contributed by atoms with E-state index in [-0.39, 0.29) is 18.3 Å². The summed E-state index contributed by atoms with van der Waals surface area (Å²) in [7, 11) is 3.34. The van der Waals surface area contributed by atoms with Crippen molar-refractivity contribution in [1.82, 2.24) is 4.90 Å². The van der Waals surface area contributed by atoms with Gasteiger partial charge in [0.15, 0.2) is 0 Å². The zero-order valence-corrected chi connectivity index (χ0v) is 14.4. The van der Waals surface area contributed by atoms with Gasteiger partial charge < -0.3 is 20.1 Å². The monoisotopic (exact) mass is 348 g/mol. The van der Waals surface area contributed by atoms with Gasteiger partial charge in [0.25, 0.3) is 0 Å². The van der Waals surface area contributed by atoms with E-state index in [4.69, 9.17) is 26.8 Å². The van der Waals surface area contributed by atoms with Crippen molar-refractivity contribution in [3.05, 3.63) is 28.8 Å². The highest BCUT2D eigenvalue weighted by Gasteiger charge is 2.38. The van der Waals surface area contributed by atoms with Gasteiger partial charge in [-0.1, -0.05) is 11.6 Å². The van der Waals surface area contributed by atoms with Crippen molar-refractivity contribution in [3.8, 4) is 5.75 Å². The van der Waals surface area contributed by atoms with Crippen LogP contribution < -0.4 is 10.5 Å². The molecule has 1 fully saturated rings. The van der Waals surface area contributed by atoms with Crippen LogP contribution in [0.4, 0.5) is 0 Å². The van der Waals surface area contributed by atoms with Crippen LogP contribution in [0.1, 0.15) is 18.4 Å². The molecule has 1 aromatic carbocycles. The predicted octanol–water partition coefficient (Wildman–Crippen LogP) is 2.24. The van der Waals surface area contributed by atoms with Gasteiger partial charge in [-0.3, -0.25) is 4.79 Å². The molecule has 1 heterocycles. The number of halogens is 2. The Morgan fingerprint density at radius 1 is 1.45 bits per heavy atom. The van der Waals surface area contributed by atoms with Gasteiger partial charge in [0.1, 0.15) is 5.75 Å². The summed E-state index contributed by atoms with van der Waals surface area (Å²) in [6, 6.07) is 5.36. The molecule has 2 N–H and O–H groups in total. The average Bonchev–Trinajstić information content (AvgIpc) is 2.47. The molecule has 1 aliphatic rings. The fourth-order valence-corrected chi connectivity index (χ4v) is 2.72. The summed E-state index contributed by atoms with van der Waals surface area (Å²) in [6.45, 7) is 1.45. The molecule has 0 aromatic heterocycles. The summed E-state index contributed by atoms with van der Waals surface area (Å²) in [5, 5.41) is 0.611. The molecule has 1 amide bonds. The smallest absolute Gasteiger partial charge is 0.242 e. The number of likely N-dealkylation sites (N-methyl/N-ethyl adjacent to an activating group) is 1. The number of rotatable bonds is 4. The Balaban J connectivity index is 0.00000242. The SMILES string of the molecule is COc1ccc(Cl)cc1CN(C)C(=O)C1(N)CCOCC1.Cl. The zero-order chi connectivity index (χ0) is 15.5. The number of carbonyl (C=O) groups excluding carboxylic acids is 1. The quantitative estimate of drug-likeness (QED) is 0.906. The van der Waals surface area contributed by atoms with E-state index in [2.05, 4.69) is 0 Å². The number of hydrogen-bond donors (Lipinski definition) is 1. The van der Waals surface area contributed by atoms with E-state index in [0.717, 1.165) is 5.56 Å². The van der Waals surface area contributed by atoms with Gasteiger partial charge >= 0.3 is 0 Å². The molecular formula is C15H22Cl2N2O3. The van der Waals surface area contributed by atoms with Crippen molar-refractivity contribution in [1.29, 1.82) is 0 Å². The molecule has 0 bridgehead atoms. The maximum absolute atomic E-state index is 12.6. The summed E-state index contributed by atoms with van der Waals surface area (Å²) in [5.41, 5.74) is 6.25. The molecule has 22 heavy (non-hydrogen) atoms. The average molecular weight is 349 g/mol. The van der Waals surface area contributed by atoms with Crippen molar-refractivity contribution >= 4 is 29.9 Å². The number of nitrogens with zero attached hydrogens (tertiary/aromatic N) is 1. The maximum Gasteiger partial charge on any atom is 0.242 e. The second-order valence-corrected chi connectivity index (χ2v) is 5.82. The van der Waals surface area contributed by atoms with Crippen LogP contribution in [-0.4, -0.2) is 43.7 Å². The van der Waals surface area contributed by atoms with Gasteiger partial charge in [-0.25, -0.2) is 0 Å². The van der Waals surface area contributed by atoms with Crippen molar-refractivity contribution < 1.29 is 14.3 Å². The highest BCUT2D eigenvalue weighted by atomic mass is 35.5. The third-order valence-corrected chi connectivity index (χ3v) is 4.04. The highest BCUT2D eigenvalue weighted by Crippen LogP contribution is 2.26. The van der Waals surface area contributed by atoms with Gasteiger partial charge in [0.05, 0.1) is 12.6 Å². The molecule has 0 spiro atoms. The second kappa shape index (κ2) is 8.02. The fraction of sp³-hybridized carbons (Fsp3) is 0.533. The van der Waals surface area contributed by atoms with Gasteiger partial charge in [0, 0.05) is 37.4 Å². The van der Waals surface area contributed by atoms with Gasteiger partial charge in [-0.15, -0.1) is 12.4 Å². The molecule has 0 radical (unpaired) electrons. The zero-order valence-electron chi connectivity index (χ0n) is 12.8. The normalized spacial score (nSPS) is 16.5. The standard InChI is InChI=1S/C15H21ClN2O3.ClH/c1-18(14(19)15(17)5-7-21-8-6-15)10-11-9-12(16)3-4-13(11)20-2;/h3-4,9H,5-8,10,17H2,1-2H3;1H. The van der Waals surface area contributed by atoms with Crippen LogP contribution in [0.5, 0.6) is 5.75 Å². The van der Waals surface area contributed by atoms with E-state index in [1.165, 1.54) is 0 Å². The minimum Gasteiger partial charge on any atom is -0.496 e. The first-order valence-corrected chi connectivity index (χ1v) is 7.29. The van der Waals surface area contributed by atoms with E-state index < -0.39 is 5.54 Å². The first-order chi connectivity index (χ1) is 9.96. The molecular weight excluding hydrogens is 327 g/mol. The number of carbonyl (C=O) groups is 1. The Labute approximate surface area is 142 Å². The summed E-state index contributed by atoms with van der Waals surface area (Å²) < 4.78 is 10.6. The van der Waals surface area contributed by atoms with E-state index in [1.807, 2.05) is 0 Å². The second-order valence-electron chi connectivity index (χ2n) is 5.39. The predicted molar refractivity (Wildman–Crippen MR) is 88.7 cm³/mol. The summed E-state index contributed by atoms with van der Waals surface area (Å²) in [6.07, 6.45) is 1.09. The van der Waals surface area contributed by atoms with Crippen molar-refractivity contribution in [2.45, 2.75) is 24.9 Å². The van der Waals surface area contributed by atoms with Gasteiger partial charge in [-0.05, 0) is 31.0 Å². The lowest BCUT2D eigenvalue weighted by molar-refractivity contribution is -0.139. The molecule has 0 aliphatic carbocycles. The van der Waals surface area contributed by atoms with E-state index in [1.54, 1.807) is 37.3 Å². The van der Waals surface area contributed by atoms with E-state index in [0.29, 0.717) is 43.4 Å². The van der Waals surface area contributed by atoms with Crippen LogP contribution in [-0.2, 0) is 16.1 Å². The molecule has 0 atom stereocenters. The van der Waals surface area contributed by atoms with Crippen LogP contribution in [0.3, 0.4) is 0 Å². The lowest BCUT2D eigenvalue weighted by Crippen LogP contribution is -2.57. The number of ether oxygens (including phenoxy) is 2. The summed E-state index contributed by atoms with van der Waals surface area (Å²) in [5.74, 6) is 0.630. The largest absolute Gasteiger partial charge is 0.496 e. The fourth-order valence-electron chi connectivity index (χ4n) is 2.53. The molecule has 124 valence electrons. The third-order valence-electron chi connectivity index (χ3n) is 3.81. The van der Waals surface area contributed by atoms with Crippen molar-refractivity contribution in [2.75, 3.05) is 27.4 Å². The first kappa shape index (κ1) is 19.0. The molecule has 1 saturated heterocycles. The molecule has 1 aromatic rings. The van der Waals surface area contributed by atoms with Gasteiger partial charge in [0.2, 0.25) is 5.91 Å². The molecule has 1 aliphatic heterocycles. The third kappa shape index (κ3) is 4.26. The van der Waals surface area contributed by atoms with Crippen LogP contribution in [0, 0.1) is 0 Å². The Bertz CT molecular complexity index is 520. The molecule has 0 saturated carbocycles. The van der Waals surface area contributed by atoms with Crippen LogP contribution in [0.2, 0.25) is 5.02 Å². The first-order valence-electron chi connectivity index (χ1n) is 6.91. The molecule has 5 nitrogen and oxygen atoms in total. The maximum atomic E-state index is 12.6.